The zero-order valence-electron chi connectivity index (χ0n) is 18.7. The molecule has 0 spiro atoms. The first-order valence-electron chi connectivity index (χ1n) is 10.2. The van der Waals surface area contributed by atoms with Crippen LogP contribution in [0.15, 0.2) is 30.3 Å². The van der Waals surface area contributed by atoms with Crippen LogP contribution in [0.4, 0.5) is 0 Å². The first-order valence-corrected chi connectivity index (χ1v) is 7.16. The Hall–Kier alpha value is -1.87. The van der Waals surface area contributed by atoms with E-state index in [4.69, 9.17) is 22.4 Å². The monoisotopic (exact) mass is 324 g/mol. The Kier molecular flexibility index (Phi) is 3.82. The molecular formula is C18H22O5. The number of carbonyl (C=O) groups excluding carboxylic acids is 1. The van der Waals surface area contributed by atoms with Crippen LogP contribution in [0.3, 0.4) is 0 Å². The first-order chi connectivity index (χ1) is 13.5. The van der Waals surface area contributed by atoms with E-state index in [2.05, 4.69) is 16.6 Å². The molecule has 5 heteroatoms. The van der Waals surface area contributed by atoms with E-state index in [9.17, 15) is 4.79 Å². The molecule has 0 aromatic heterocycles. The molecule has 0 saturated carbocycles. The molecule has 2 rings (SSSR count). The lowest BCUT2D eigenvalue weighted by atomic mass is 10.1. The summed E-state index contributed by atoms with van der Waals surface area (Å²) in [5.74, 6) is 1.21. The third kappa shape index (κ3) is 5.36. The topological polar surface area (TPSA) is 54.0 Å². The molecule has 0 amide bonds. The molecule has 0 unspecified atom stereocenters. The Labute approximate surface area is 145 Å². The molecule has 0 radical (unpaired) electrons. The number of carbonyl (C=O) groups is 1. The summed E-state index contributed by atoms with van der Waals surface area (Å²) < 4.78 is 67.4. The minimum atomic E-state index is -3.07. The lowest BCUT2D eigenvalue weighted by molar-refractivity contribution is -0.150. The SMILES string of the molecule is [2H]C([2H])([2H])C1(C([2H])([2H])[2H])O[C@@H](COCC#CC(=O)OCC)[C@@H](c2ccccc2)O1. The molecule has 1 aromatic rings. The highest BCUT2D eigenvalue weighted by Gasteiger charge is 2.41. The maximum Gasteiger partial charge on any atom is 0.384 e. The Morgan fingerprint density at radius 3 is 2.83 bits per heavy atom. The standard InChI is InChI=1S/C18H22O5/c1-4-21-16(19)11-8-12-20-13-15-17(23-18(2,3)22-15)14-9-6-5-7-10-14/h5-7,9-10,15,17H,4,12-13H2,1-3H3/t15-,17+/m0/s1/i2D3,3D3. The second-order valence-electron chi connectivity index (χ2n) is 4.76. The number of benzene rings is 1. The number of esters is 1. The largest absolute Gasteiger partial charge is 0.456 e. The summed E-state index contributed by atoms with van der Waals surface area (Å²) in [7, 11) is 0. The summed E-state index contributed by atoms with van der Waals surface area (Å²) >= 11 is 0. The fourth-order valence-electron chi connectivity index (χ4n) is 2.11. The molecule has 1 aromatic carbocycles. The summed E-state index contributed by atoms with van der Waals surface area (Å²) in [6.07, 6.45) is -1.99. The van der Waals surface area contributed by atoms with E-state index in [0.717, 1.165) is 0 Å². The fraction of sp³-hybridized carbons (Fsp3) is 0.500. The van der Waals surface area contributed by atoms with Gasteiger partial charge in [0.05, 0.1) is 13.2 Å². The molecule has 0 N–H and O–H groups in total. The van der Waals surface area contributed by atoms with Crippen LogP contribution >= 0.6 is 0 Å². The summed E-state index contributed by atoms with van der Waals surface area (Å²) in [6.45, 7) is -4.63. The van der Waals surface area contributed by atoms with Gasteiger partial charge in [0.2, 0.25) is 0 Å². The number of rotatable bonds is 5. The van der Waals surface area contributed by atoms with Gasteiger partial charge in [-0.15, -0.1) is 0 Å². The Morgan fingerprint density at radius 2 is 2.13 bits per heavy atom. The normalized spacial score (nSPS) is 27.2. The minimum Gasteiger partial charge on any atom is -0.456 e. The average Bonchev–Trinajstić information content (AvgIpc) is 3.03. The highest BCUT2D eigenvalue weighted by atomic mass is 16.8. The van der Waals surface area contributed by atoms with Crippen LogP contribution in [0.2, 0.25) is 0 Å². The van der Waals surface area contributed by atoms with Crippen molar-refractivity contribution in [2.45, 2.75) is 38.6 Å². The van der Waals surface area contributed by atoms with E-state index in [0.29, 0.717) is 5.56 Å². The molecule has 1 heterocycles. The predicted molar refractivity (Wildman–Crippen MR) is 84.4 cm³/mol. The summed E-state index contributed by atoms with van der Waals surface area (Å²) in [5.41, 5.74) is 0.550. The fourth-order valence-corrected chi connectivity index (χ4v) is 2.11. The molecular weight excluding hydrogens is 296 g/mol. The van der Waals surface area contributed by atoms with E-state index < -0.39 is 37.7 Å². The van der Waals surface area contributed by atoms with Gasteiger partial charge in [0, 0.05) is 14.1 Å². The summed E-state index contributed by atoms with van der Waals surface area (Å²) in [5, 5.41) is 0. The van der Waals surface area contributed by atoms with Gasteiger partial charge < -0.3 is 18.9 Å². The van der Waals surface area contributed by atoms with E-state index in [-0.39, 0.29) is 19.8 Å². The van der Waals surface area contributed by atoms with Crippen LogP contribution < -0.4 is 0 Å². The van der Waals surface area contributed by atoms with Crippen LogP contribution in [0, 0.1) is 11.8 Å². The molecule has 1 aliphatic rings. The second-order valence-corrected chi connectivity index (χ2v) is 4.76. The first kappa shape index (κ1) is 10.8. The van der Waals surface area contributed by atoms with Crippen molar-refractivity contribution < 1.29 is 32.0 Å². The van der Waals surface area contributed by atoms with E-state index in [1.165, 1.54) is 0 Å². The van der Waals surface area contributed by atoms with Crippen LogP contribution in [0.1, 0.15) is 40.5 Å². The van der Waals surface area contributed by atoms with Crippen molar-refractivity contribution >= 4 is 5.97 Å². The molecule has 0 bridgehead atoms. The van der Waals surface area contributed by atoms with Crippen LogP contribution in [-0.2, 0) is 23.7 Å². The molecule has 1 aliphatic heterocycles. The Morgan fingerprint density at radius 1 is 1.35 bits per heavy atom. The quantitative estimate of drug-likeness (QED) is 0.360. The highest BCUT2D eigenvalue weighted by Crippen LogP contribution is 2.38. The van der Waals surface area contributed by atoms with Gasteiger partial charge in [-0.05, 0) is 26.2 Å². The average molecular weight is 324 g/mol. The minimum absolute atomic E-state index is 0.158. The number of hydrogen-bond donors (Lipinski definition) is 0. The maximum absolute atomic E-state index is 11.2. The third-order valence-electron chi connectivity index (χ3n) is 3.00. The molecule has 2 atom stereocenters. The van der Waals surface area contributed by atoms with Crippen molar-refractivity contribution in [3.8, 4) is 11.8 Å². The van der Waals surface area contributed by atoms with Crippen molar-refractivity contribution in [3.63, 3.8) is 0 Å². The van der Waals surface area contributed by atoms with Gasteiger partial charge in [0.15, 0.2) is 5.79 Å². The van der Waals surface area contributed by atoms with Crippen LogP contribution in [0.25, 0.3) is 0 Å². The van der Waals surface area contributed by atoms with Gasteiger partial charge in [-0.3, -0.25) is 0 Å². The third-order valence-corrected chi connectivity index (χ3v) is 3.00. The predicted octanol–water partition coefficient (Wildman–Crippen LogP) is 2.46. The maximum atomic E-state index is 11.2. The second kappa shape index (κ2) is 8.11. The van der Waals surface area contributed by atoms with E-state index in [1.54, 1.807) is 37.3 Å². The lowest BCUT2D eigenvalue weighted by Crippen LogP contribution is -2.24. The zero-order valence-corrected chi connectivity index (χ0v) is 12.7. The van der Waals surface area contributed by atoms with Gasteiger partial charge in [0.1, 0.15) is 18.8 Å². The van der Waals surface area contributed by atoms with Gasteiger partial charge in [0.25, 0.3) is 0 Å². The van der Waals surface area contributed by atoms with Gasteiger partial charge >= 0.3 is 5.97 Å². The van der Waals surface area contributed by atoms with Crippen molar-refractivity contribution in [2.75, 3.05) is 19.8 Å². The van der Waals surface area contributed by atoms with E-state index >= 15 is 0 Å². The highest BCUT2D eigenvalue weighted by molar-refractivity contribution is 5.88. The van der Waals surface area contributed by atoms with E-state index in [1.807, 2.05) is 0 Å². The summed E-state index contributed by atoms with van der Waals surface area (Å²) in [4.78, 5) is 11.2. The number of ether oxygens (including phenoxy) is 4. The number of hydrogen-bond acceptors (Lipinski definition) is 5. The molecule has 5 nitrogen and oxygen atoms in total. The van der Waals surface area contributed by atoms with Crippen molar-refractivity contribution in [3.05, 3.63) is 35.9 Å². The van der Waals surface area contributed by atoms with Gasteiger partial charge in [-0.2, -0.15) is 0 Å². The van der Waals surface area contributed by atoms with Crippen molar-refractivity contribution in [1.82, 2.24) is 0 Å². The van der Waals surface area contributed by atoms with Crippen LogP contribution in [-0.4, -0.2) is 37.7 Å². The van der Waals surface area contributed by atoms with Gasteiger partial charge in [-0.25, -0.2) is 4.79 Å². The zero-order chi connectivity index (χ0) is 21.7. The molecule has 23 heavy (non-hydrogen) atoms. The Bertz CT molecular complexity index is 736. The lowest BCUT2D eigenvalue weighted by Gasteiger charge is -2.16. The van der Waals surface area contributed by atoms with Crippen molar-refractivity contribution in [1.29, 1.82) is 0 Å². The Balaban J connectivity index is 2.20. The summed E-state index contributed by atoms with van der Waals surface area (Å²) in [6, 6.07) is 8.54. The molecule has 1 saturated heterocycles. The molecule has 0 aliphatic carbocycles. The molecule has 1 fully saturated rings. The smallest absolute Gasteiger partial charge is 0.384 e. The van der Waals surface area contributed by atoms with Gasteiger partial charge in [-0.1, -0.05) is 36.3 Å². The van der Waals surface area contributed by atoms with Crippen molar-refractivity contribution in [2.24, 2.45) is 0 Å². The van der Waals surface area contributed by atoms with Crippen LogP contribution in [0.5, 0.6) is 0 Å². The molecule has 124 valence electrons.